The molecule has 30 heavy (non-hydrogen) atoms. The van der Waals surface area contributed by atoms with Crippen LogP contribution in [0.4, 0.5) is 33.5 Å². The normalized spacial score (nSPS) is 11.4. The van der Waals surface area contributed by atoms with E-state index < -0.39 is 57.6 Å². The summed E-state index contributed by atoms with van der Waals surface area (Å²) in [6.07, 6.45) is -3.55. The second kappa shape index (κ2) is 7.89. The molecule has 2 aromatic carbocycles. The van der Waals surface area contributed by atoms with E-state index in [4.69, 9.17) is 0 Å². The fraction of sp³-hybridized carbons (Fsp3) is 0.111. The highest BCUT2D eigenvalue weighted by atomic mass is 19.4. The van der Waals surface area contributed by atoms with Crippen molar-refractivity contribution in [3.8, 4) is 0 Å². The van der Waals surface area contributed by atoms with Crippen LogP contribution in [0.15, 0.2) is 48.7 Å². The van der Waals surface area contributed by atoms with E-state index in [0.717, 1.165) is 35.0 Å². The van der Waals surface area contributed by atoms with Gasteiger partial charge in [-0.2, -0.15) is 18.3 Å². The van der Waals surface area contributed by atoms with Crippen LogP contribution in [0.3, 0.4) is 0 Å². The first-order valence-corrected chi connectivity index (χ1v) is 8.19. The first kappa shape index (κ1) is 20.9. The van der Waals surface area contributed by atoms with E-state index in [1.54, 1.807) is 0 Å². The fourth-order valence-electron chi connectivity index (χ4n) is 2.69. The number of carbonyl (C=O) groups excluding carboxylic acids is 1. The van der Waals surface area contributed by atoms with Crippen molar-refractivity contribution in [1.82, 2.24) is 9.78 Å². The van der Waals surface area contributed by atoms with Gasteiger partial charge in [0, 0.05) is 24.4 Å². The van der Waals surface area contributed by atoms with Crippen molar-refractivity contribution < 1.29 is 31.7 Å². The Kier molecular flexibility index (Phi) is 5.49. The van der Waals surface area contributed by atoms with Gasteiger partial charge in [-0.25, -0.2) is 8.78 Å². The number of non-ortho nitro benzene ring substituents is 1. The van der Waals surface area contributed by atoms with Gasteiger partial charge in [0.1, 0.15) is 17.2 Å². The van der Waals surface area contributed by atoms with Gasteiger partial charge in [0.05, 0.1) is 17.0 Å². The summed E-state index contributed by atoms with van der Waals surface area (Å²) in [4.78, 5) is 22.1. The summed E-state index contributed by atoms with van der Waals surface area (Å²) in [5.74, 6) is -3.51. The summed E-state index contributed by atoms with van der Waals surface area (Å²) in [5.41, 5.74) is -2.88. The van der Waals surface area contributed by atoms with Crippen molar-refractivity contribution >= 4 is 17.4 Å². The fourth-order valence-corrected chi connectivity index (χ4v) is 2.69. The van der Waals surface area contributed by atoms with Crippen LogP contribution >= 0.6 is 0 Å². The van der Waals surface area contributed by atoms with Crippen LogP contribution < -0.4 is 5.32 Å². The van der Waals surface area contributed by atoms with Gasteiger partial charge in [0.15, 0.2) is 5.82 Å². The molecule has 0 spiro atoms. The molecule has 1 amide bonds. The molecule has 156 valence electrons. The van der Waals surface area contributed by atoms with E-state index in [1.807, 2.05) is 0 Å². The molecule has 12 heteroatoms. The minimum absolute atomic E-state index is 0.179. The zero-order valence-electron chi connectivity index (χ0n) is 14.8. The molecule has 3 aromatic rings. The standard InChI is InChI=1S/C18H11F5N4O3/c19-13-2-1-3-14(20)16(13)17(28)24-15-6-7-26(25-15)9-10-8-11(27(29)30)4-5-12(10)18(21,22)23/h1-8H,9H2,(H,24,25,28). The average Bonchev–Trinajstić information content (AvgIpc) is 3.07. The van der Waals surface area contributed by atoms with Crippen LogP contribution in [0.2, 0.25) is 0 Å². The van der Waals surface area contributed by atoms with Gasteiger partial charge in [0.2, 0.25) is 0 Å². The Morgan fingerprint density at radius 2 is 1.80 bits per heavy atom. The van der Waals surface area contributed by atoms with Crippen LogP contribution in [-0.4, -0.2) is 20.6 Å². The molecule has 0 radical (unpaired) electrons. The Labute approximate surface area is 164 Å². The number of aromatic nitrogens is 2. The first-order valence-electron chi connectivity index (χ1n) is 8.19. The van der Waals surface area contributed by atoms with E-state index in [0.29, 0.717) is 6.07 Å². The summed E-state index contributed by atoms with van der Waals surface area (Å²) in [7, 11) is 0. The van der Waals surface area contributed by atoms with E-state index in [9.17, 15) is 36.9 Å². The highest BCUT2D eigenvalue weighted by molar-refractivity contribution is 6.04. The molecule has 1 aromatic heterocycles. The summed E-state index contributed by atoms with van der Waals surface area (Å²) in [6.45, 7) is -0.500. The number of nitro benzene ring substituents is 1. The molecule has 0 bridgehead atoms. The van der Waals surface area contributed by atoms with Crippen molar-refractivity contribution in [1.29, 1.82) is 0 Å². The molecule has 0 aliphatic rings. The molecule has 1 N–H and O–H groups in total. The van der Waals surface area contributed by atoms with Gasteiger partial charge in [-0.3, -0.25) is 19.6 Å². The van der Waals surface area contributed by atoms with Crippen LogP contribution in [0, 0.1) is 21.7 Å². The number of nitro groups is 1. The van der Waals surface area contributed by atoms with Crippen molar-refractivity contribution in [3.05, 3.63) is 87.1 Å². The lowest BCUT2D eigenvalue weighted by Crippen LogP contribution is -2.16. The Balaban J connectivity index is 1.85. The van der Waals surface area contributed by atoms with Crippen LogP contribution in [0.1, 0.15) is 21.5 Å². The van der Waals surface area contributed by atoms with Gasteiger partial charge >= 0.3 is 6.18 Å². The number of hydrogen-bond acceptors (Lipinski definition) is 4. The number of hydrogen-bond donors (Lipinski definition) is 1. The quantitative estimate of drug-likeness (QED) is 0.372. The SMILES string of the molecule is O=C(Nc1ccn(Cc2cc([N+](=O)[O-])ccc2C(F)(F)F)n1)c1c(F)cccc1F. The lowest BCUT2D eigenvalue weighted by Gasteiger charge is -2.12. The molecule has 0 saturated carbocycles. The maximum Gasteiger partial charge on any atom is 0.416 e. The third-order valence-corrected chi connectivity index (χ3v) is 4.01. The molecular formula is C18H11F5N4O3. The van der Waals surface area contributed by atoms with Crippen LogP contribution in [-0.2, 0) is 12.7 Å². The number of nitrogens with zero attached hydrogens (tertiary/aromatic N) is 3. The molecule has 0 saturated heterocycles. The molecule has 0 aliphatic heterocycles. The number of alkyl halides is 3. The maximum absolute atomic E-state index is 13.7. The molecule has 0 aliphatic carbocycles. The summed E-state index contributed by atoms with van der Waals surface area (Å²) >= 11 is 0. The number of rotatable bonds is 5. The molecule has 0 fully saturated rings. The van der Waals surface area contributed by atoms with Gasteiger partial charge in [-0.15, -0.1) is 0 Å². The van der Waals surface area contributed by atoms with Crippen LogP contribution in [0.25, 0.3) is 0 Å². The van der Waals surface area contributed by atoms with Gasteiger partial charge in [-0.1, -0.05) is 6.07 Å². The van der Waals surface area contributed by atoms with Gasteiger partial charge < -0.3 is 5.32 Å². The van der Waals surface area contributed by atoms with Crippen molar-refractivity contribution in [2.45, 2.75) is 12.7 Å². The Morgan fingerprint density at radius 3 is 2.40 bits per heavy atom. The molecule has 3 rings (SSSR count). The van der Waals surface area contributed by atoms with E-state index >= 15 is 0 Å². The second-order valence-electron chi connectivity index (χ2n) is 6.05. The molecule has 0 unspecified atom stereocenters. The monoisotopic (exact) mass is 426 g/mol. The van der Waals surface area contributed by atoms with Crippen molar-refractivity contribution in [2.75, 3.05) is 5.32 Å². The predicted octanol–water partition coefficient (Wildman–Crippen LogP) is 4.39. The second-order valence-corrected chi connectivity index (χ2v) is 6.05. The molecule has 7 nitrogen and oxygen atoms in total. The van der Waals surface area contributed by atoms with Crippen LogP contribution in [0.5, 0.6) is 0 Å². The van der Waals surface area contributed by atoms with Crippen molar-refractivity contribution in [3.63, 3.8) is 0 Å². The summed E-state index contributed by atoms with van der Waals surface area (Å²) in [5, 5.41) is 16.8. The number of benzene rings is 2. The third kappa shape index (κ3) is 4.42. The molecular weight excluding hydrogens is 415 g/mol. The molecule has 0 atom stereocenters. The smallest absolute Gasteiger partial charge is 0.305 e. The summed E-state index contributed by atoms with van der Waals surface area (Å²) < 4.78 is 67.9. The number of anilines is 1. The number of carbonyl (C=O) groups is 1. The highest BCUT2D eigenvalue weighted by Gasteiger charge is 2.34. The Morgan fingerprint density at radius 1 is 1.13 bits per heavy atom. The first-order chi connectivity index (χ1) is 14.1. The van der Waals surface area contributed by atoms with E-state index in [-0.39, 0.29) is 5.82 Å². The number of nitrogens with one attached hydrogen (secondary N) is 1. The largest absolute Gasteiger partial charge is 0.416 e. The zero-order chi connectivity index (χ0) is 22.1. The minimum Gasteiger partial charge on any atom is -0.305 e. The van der Waals surface area contributed by atoms with Gasteiger partial charge in [0.25, 0.3) is 11.6 Å². The minimum atomic E-state index is -4.75. The lowest BCUT2D eigenvalue weighted by molar-refractivity contribution is -0.385. The van der Waals surface area contributed by atoms with Crippen molar-refractivity contribution in [2.24, 2.45) is 0 Å². The third-order valence-electron chi connectivity index (χ3n) is 4.01. The summed E-state index contributed by atoms with van der Waals surface area (Å²) in [6, 6.07) is 6.16. The number of amides is 1. The van der Waals surface area contributed by atoms with E-state index in [1.165, 1.54) is 12.3 Å². The topological polar surface area (TPSA) is 90.1 Å². The predicted molar refractivity (Wildman–Crippen MR) is 93.7 cm³/mol. The average molecular weight is 426 g/mol. The Hall–Kier alpha value is -3.83. The number of halogens is 5. The van der Waals surface area contributed by atoms with Gasteiger partial charge in [-0.05, 0) is 23.8 Å². The Bertz CT molecular complexity index is 1110. The zero-order valence-corrected chi connectivity index (χ0v) is 14.8. The molecule has 1 heterocycles. The lowest BCUT2D eigenvalue weighted by atomic mass is 10.1. The highest BCUT2D eigenvalue weighted by Crippen LogP contribution is 2.34. The maximum atomic E-state index is 13.7. The van der Waals surface area contributed by atoms with E-state index in [2.05, 4.69) is 10.4 Å².